The smallest absolute Gasteiger partial charge is 0.253 e. The van der Waals surface area contributed by atoms with Crippen LogP contribution in [0.3, 0.4) is 0 Å². The highest BCUT2D eigenvalue weighted by atomic mass is 16.2. The average molecular weight is 195 g/mol. The fourth-order valence-corrected chi connectivity index (χ4v) is 1.54. The third-order valence-corrected chi connectivity index (χ3v) is 2.53. The SMILES string of the molecule is C1CCCCC1.CN1C(=O)C=CC1=O. The first-order valence-corrected chi connectivity index (χ1v) is 5.21. The standard InChI is InChI=1S/C6H12.C5H5NO2/c1-2-4-6-5-3-1;1-6-4(7)2-3-5(6)8/h1-6H2;2-3H,1H3. The van der Waals surface area contributed by atoms with Crippen molar-refractivity contribution in [3.05, 3.63) is 12.2 Å². The fourth-order valence-electron chi connectivity index (χ4n) is 1.54. The molecule has 0 radical (unpaired) electrons. The van der Waals surface area contributed by atoms with Crippen molar-refractivity contribution < 1.29 is 9.59 Å². The zero-order chi connectivity index (χ0) is 10.4. The molecular formula is C11H17NO2. The predicted molar refractivity (Wildman–Crippen MR) is 54.6 cm³/mol. The van der Waals surface area contributed by atoms with E-state index < -0.39 is 0 Å². The molecule has 0 aromatic rings. The largest absolute Gasteiger partial charge is 0.279 e. The van der Waals surface area contributed by atoms with Crippen molar-refractivity contribution in [2.45, 2.75) is 38.5 Å². The Morgan fingerprint density at radius 1 is 0.857 bits per heavy atom. The molecule has 2 amide bonds. The quantitative estimate of drug-likeness (QED) is 0.553. The van der Waals surface area contributed by atoms with Gasteiger partial charge in [-0.1, -0.05) is 38.5 Å². The summed E-state index contributed by atoms with van der Waals surface area (Å²) < 4.78 is 0. The summed E-state index contributed by atoms with van der Waals surface area (Å²) in [5.41, 5.74) is 0. The first-order chi connectivity index (χ1) is 6.72. The van der Waals surface area contributed by atoms with Crippen molar-refractivity contribution in [2.75, 3.05) is 7.05 Å². The van der Waals surface area contributed by atoms with Crippen molar-refractivity contribution in [2.24, 2.45) is 0 Å². The number of hydrogen-bond acceptors (Lipinski definition) is 2. The van der Waals surface area contributed by atoms with E-state index >= 15 is 0 Å². The number of imide groups is 1. The van der Waals surface area contributed by atoms with E-state index in [1.807, 2.05) is 0 Å². The Hall–Kier alpha value is -1.12. The molecule has 0 N–H and O–H groups in total. The highest BCUT2D eigenvalue weighted by molar-refractivity contribution is 6.12. The summed E-state index contributed by atoms with van der Waals surface area (Å²) in [6.45, 7) is 0. The first-order valence-electron chi connectivity index (χ1n) is 5.21. The van der Waals surface area contributed by atoms with Crippen LogP contribution in [0.15, 0.2) is 12.2 Å². The van der Waals surface area contributed by atoms with E-state index in [0.29, 0.717) is 0 Å². The van der Waals surface area contributed by atoms with Gasteiger partial charge in [-0.15, -0.1) is 0 Å². The molecule has 1 aliphatic heterocycles. The Bertz CT molecular complexity index is 212. The van der Waals surface area contributed by atoms with Crippen molar-refractivity contribution in [3.8, 4) is 0 Å². The predicted octanol–water partition coefficient (Wildman–Crippen LogP) is 1.88. The molecule has 0 saturated heterocycles. The highest BCUT2D eigenvalue weighted by Gasteiger charge is 2.17. The van der Waals surface area contributed by atoms with Gasteiger partial charge in [0, 0.05) is 19.2 Å². The van der Waals surface area contributed by atoms with Gasteiger partial charge in [0.05, 0.1) is 0 Å². The zero-order valence-electron chi connectivity index (χ0n) is 8.66. The van der Waals surface area contributed by atoms with Crippen LogP contribution in [0.2, 0.25) is 0 Å². The van der Waals surface area contributed by atoms with E-state index in [9.17, 15) is 9.59 Å². The number of carbonyl (C=O) groups is 2. The van der Waals surface area contributed by atoms with E-state index in [4.69, 9.17) is 0 Å². The molecule has 3 heteroatoms. The molecular weight excluding hydrogens is 178 g/mol. The van der Waals surface area contributed by atoms with Crippen LogP contribution in [-0.4, -0.2) is 23.8 Å². The zero-order valence-corrected chi connectivity index (χ0v) is 8.66. The van der Waals surface area contributed by atoms with E-state index in [2.05, 4.69) is 0 Å². The minimum absolute atomic E-state index is 0.241. The summed E-state index contributed by atoms with van der Waals surface area (Å²) in [6, 6.07) is 0. The van der Waals surface area contributed by atoms with Gasteiger partial charge in [-0.05, 0) is 0 Å². The molecule has 0 aromatic heterocycles. The molecule has 1 heterocycles. The Balaban J connectivity index is 0.000000146. The summed E-state index contributed by atoms with van der Waals surface area (Å²) in [4.78, 5) is 21.9. The summed E-state index contributed by atoms with van der Waals surface area (Å²) in [5, 5.41) is 0. The third-order valence-electron chi connectivity index (χ3n) is 2.53. The number of hydrogen-bond donors (Lipinski definition) is 0. The minimum Gasteiger partial charge on any atom is -0.279 e. The maximum atomic E-state index is 10.4. The Morgan fingerprint density at radius 3 is 1.29 bits per heavy atom. The molecule has 0 atom stereocenters. The van der Waals surface area contributed by atoms with E-state index in [1.165, 1.54) is 57.7 Å². The molecule has 1 saturated carbocycles. The number of amides is 2. The van der Waals surface area contributed by atoms with Crippen LogP contribution in [0, 0.1) is 0 Å². The van der Waals surface area contributed by atoms with Crippen molar-refractivity contribution in [1.29, 1.82) is 0 Å². The van der Waals surface area contributed by atoms with E-state index in [1.54, 1.807) is 0 Å². The Morgan fingerprint density at radius 2 is 1.14 bits per heavy atom. The molecule has 0 unspecified atom stereocenters. The second-order valence-corrected chi connectivity index (χ2v) is 3.69. The molecule has 1 fully saturated rings. The Kier molecular flexibility index (Phi) is 4.36. The van der Waals surface area contributed by atoms with Gasteiger partial charge in [0.15, 0.2) is 0 Å². The molecule has 2 aliphatic rings. The van der Waals surface area contributed by atoms with Gasteiger partial charge in [0.25, 0.3) is 11.8 Å². The van der Waals surface area contributed by atoms with Crippen LogP contribution in [0.5, 0.6) is 0 Å². The third kappa shape index (κ3) is 3.32. The number of rotatable bonds is 0. The lowest BCUT2D eigenvalue weighted by molar-refractivity contribution is -0.135. The van der Waals surface area contributed by atoms with Crippen molar-refractivity contribution in [3.63, 3.8) is 0 Å². The van der Waals surface area contributed by atoms with Crippen LogP contribution < -0.4 is 0 Å². The van der Waals surface area contributed by atoms with Gasteiger partial charge in [0.1, 0.15) is 0 Å². The fraction of sp³-hybridized carbons (Fsp3) is 0.636. The number of carbonyl (C=O) groups excluding carboxylic acids is 2. The maximum Gasteiger partial charge on any atom is 0.253 e. The second-order valence-electron chi connectivity index (χ2n) is 3.69. The summed E-state index contributed by atoms with van der Waals surface area (Å²) >= 11 is 0. The highest BCUT2D eigenvalue weighted by Crippen LogP contribution is 2.15. The van der Waals surface area contributed by atoms with Gasteiger partial charge in [-0.25, -0.2) is 0 Å². The van der Waals surface area contributed by atoms with Crippen LogP contribution in [-0.2, 0) is 9.59 Å². The Labute approximate surface area is 84.8 Å². The lowest BCUT2D eigenvalue weighted by Crippen LogP contribution is -2.24. The first kappa shape index (κ1) is 11.0. The van der Waals surface area contributed by atoms with Gasteiger partial charge < -0.3 is 0 Å². The van der Waals surface area contributed by atoms with Crippen molar-refractivity contribution >= 4 is 11.8 Å². The van der Waals surface area contributed by atoms with Gasteiger partial charge in [-0.3, -0.25) is 14.5 Å². The molecule has 2 rings (SSSR count). The maximum absolute atomic E-state index is 10.4. The summed E-state index contributed by atoms with van der Waals surface area (Å²) in [7, 11) is 1.45. The number of nitrogens with zero attached hydrogens (tertiary/aromatic N) is 1. The second kappa shape index (κ2) is 5.58. The van der Waals surface area contributed by atoms with Crippen LogP contribution in [0.1, 0.15) is 38.5 Å². The lowest BCUT2D eigenvalue weighted by Gasteiger charge is -2.05. The van der Waals surface area contributed by atoms with E-state index in [0.717, 1.165) is 4.90 Å². The molecule has 0 bridgehead atoms. The monoisotopic (exact) mass is 195 g/mol. The lowest BCUT2D eigenvalue weighted by atomic mass is 10.0. The van der Waals surface area contributed by atoms with Crippen LogP contribution in [0.25, 0.3) is 0 Å². The molecule has 1 aliphatic carbocycles. The van der Waals surface area contributed by atoms with Crippen molar-refractivity contribution in [1.82, 2.24) is 4.90 Å². The van der Waals surface area contributed by atoms with Crippen LogP contribution in [0.4, 0.5) is 0 Å². The van der Waals surface area contributed by atoms with E-state index in [-0.39, 0.29) is 11.8 Å². The summed E-state index contributed by atoms with van der Waals surface area (Å²) in [6.07, 6.45) is 11.5. The molecule has 14 heavy (non-hydrogen) atoms. The minimum atomic E-state index is -0.241. The number of likely N-dealkylation sites (N-methyl/N-ethyl adjacent to an activating group) is 1. The molecule has 0 spiro atoms. The average Bonchev–Trinajstić information content (AvgIpc) is 2.53. The normalized spacial score (nSPS) is 20.8. The molecule has 3 nitrogen and oxygen atoms in total. The van der Waals surface area contributed by atoms with Crippen LogP contribution >= 0.6 is 0 Å². The van der Waals surface area contributed by atoms with Gasteiger partial charge in [-0.2, -0.15) is 0 Å². The molecule has 0 aromatic carbocycles. The van der Waals surface area contributed by atoms with Gasteiger partial charge >= 0.3 is 0 Å². The summed E-state index contributed by atoms with van der Waals surface area (Å²) in [5.74, 6) is -0.481. The topological polar surface area (TPSA) is 37.4 Å². The van der Waals surface area contributed by atoms with Gasteiger partial charge in [0.2, 0.25) is 0 Å². The molecule has 78 valence electrons.